The summed E-state index contributed by atoms with van der Waals surface area (Å²) in [6.07, 6.45) is 18.7. The number of amides is 5. The van der Waals surface area contributed by atoms with Crippen LogP contribution in [0.5, 0.6) is 0 Å². The summed E-state index contributed by atoms with van der Waals surface area (Å²) >= 11 is 0. The minimum absolute atomic E-state index is 0.172. The van der Waals surface area contributed by atoms with Crippen molar-refractivity contribution >= 4 is 18.2 Å². The Labute approximate surface area is 307 Å². The highest BCUT2D eigenvalue weighted by Gasteiger charge is 2.46. The number of hydrogen-bond acceptors (Lipinski definition) is 7. The Hall–Kier alpha value is -2.31. The SMILES string of the molecule is CC(C)(C)OC(=O)N1CCC(N2CCC(N3C(=O)N[C@@H]4CCCC[C@H]43)CC2)CC1.O=C1N[C@@H]2CCCC[C@H]2N1C1CCN(C2CCNCC2)CC1. The lowest BCUT2D eigenvalue weighted by atomic mass is 9.89. The number of piperidine rings is 4. The normalized spacial score (nSPS) is 32.5. The van der Waals surface area contributed by atoms with Crippen LogP contribution in [0.4, 0.5) is 14.4 Å². The van der Waals surface area contributed by atoms with Crippen LogP contribution >= 0.6 is 0 Å². The number of ether oxygens (including phenoxy) is 1. The maximum absolute atomic E-state index is 12.6. The zero-order valence-corrected chi connectivity index (χ0v) is 32.0. The number of nitrogens with one attached hydrogen (secondary N) is 3. The van der Waals surface area contributed by atoms with E-state index in [4.69, 9.17) is 4.74 Å². The molecule has 0 aromatic rings. The van der Waals surface area contributed by atoms with Gasteiger partial charge in [0.25, 0.3) is 0 Å². The summed E-state index contributed by atoms with van der Waals surface area (Å²) in [4.78, 5) is 48.8. The molecule has 0 aromatic heterocycles. The third-order valence-electron chi connectivity index (χ3n) is 13.5. The van der Waals surface area contributed by atoms with Crippen LogP contribution in [0.1, 0.15) is 124 Å². The van der Waals surface area contributed by atoms with Crippen molar-refractivity contribution in [2.45, 2.75) is 177 Å². The molecule has 288 valence electrons. The first-order chi connectivity index (χ1) is 24.6. The predicted octanol–water partition coefficient (Wildman–Crippen LogP) is 4.73. The first kappa shape index (κ1) is 37.0. The third kappa shape index (κ3) is 8.75. The largest absolute Gasteiger partial charge is 0.444 e. The molecular weight excluding hydrogens is 644 g/mol. The Balaban J connectivity index is 0.000000165. The predicted molar refractivity (Wildman–Crippen MR) is 199 cm³/mol. The number of nitrogens with zero attached hydrogens (tertiary/aromatic N) is 5. The van der Waals surface area contributed by atoms with Crippen LogP contribution < -0.4 is 16.0 Å². The summed E-state index contributed by atoms with van der Waals surface area (Å²) in [5.41, 5.74) is -0.435. The van der Waals surface area contributed by atoms with Crippen molar-refractivity contribution in [3.63, 3.8) is 0 Å². The van der Waals surface area contributed by atoms with Crippen molar-refractivity contribution in [2.24, 2.45) is 0 Å². The Morgan fingerprint density at radius 3 is 1.43 bits per heavy atom. The van der Waals surface area contributed by atoms with Gasteiger partial charge in [0.05, 0.1) is 24.2 Å². The highest BCUT2D eigenvalue weighted by Crippen LogP contribution is 2.35. The smallest absolute Gasteiger partial charge is 0.410 e. The monoisotopic (exact) mass is 713 g/mol. The van der Waals surface area contributed by atoms with Crippen molar-refractivity contribution in [3.05, 3.63) is 0 Å². The van der Waals surface area contributed by atoms with Gasteiger partial charge in [-0.15, -0.1) is 0 Å². The maximum Gasteiger partial charge on any atom is 0.410 e. The molecule has 12 heteroatoms. The molecule has 6 saturated heterocycles. The second-order valence-electron chi connectivity index (χ2n) is 17.8. The molecule has 0 aromatic carbocycles. The number of hydrogen-bond donors (Lipinski definition) is 3. The molecule has 8 rings (SSSR count). The van der Waals surface area contributed by atoms with Gasteiger partial charge in [-0.3, -0.25) is 0 Å². The number of carbonyl (C=O) groups excluding carboxylic acids is 3. The number of urea groups is 2. The number of fused-ring (bicyclic) bond motifs is 2. The standard InChI is InChI=1S/C22H38N4O3.C17H30N4O/c1-22(2,3)29-21(28)25-14-8-16(9-15-25)24-12-10-17(11-13-24)26-19-7-5-4-6-18(19)23-20(26)27;22-17-19-15-3-1-2-4-16(15)21(17)14-7-11-20(12-8-14)13-5-9-18-10-6-13/h16-19H,4-15H2,1-3H3,(H,23,27);13-16,18H,1-12H2,(H,19,22)/t18-,19-;15-,16-/m11/s1. The molecule has 8 aliphatic rings. The van der Waals surface area contributed by atoms with E-state index < -0.39 is 5.60 Å². The molecule has 6 heterocycles. The highest BCUT2D eigenvalue weighted by molar-refractivity contribution is 5.78. The van der Waals surface area contributed by atoms with Gasteiger partial charge in [-0.05, 0) is 111 Å². The van der Waals surface area contributed by atoms with E-state index in [-0.39, 0.29) is 18.2 Å². The summed E-state index contributed by atoms with van der Waals surface area (Å²) in [5, 5.41) is 9.93. The molecule has 0 bridgehead atoms. The quantitative estimate of drug-likeness (QED) is 0.387. The van der Waals surface area contributed by atoms with Crippen LogP contribution in [-0.2, 0) is 4.74 Å². The van der Waals surface area contributed by atoms with Gasteiger partial charge in [0.1, 0.15) is 5.60 Å². The number of likely N-dealkylation sites (tertiary alicyclic amines) is 3. The third-order valence-corrected chi connectivity index (χ3v) is 13.5. The van der Waals surface area contributed by atoms with E-state index in [0.717, 1.165) is 70.7 Å². The molecule has 8 fully saturated rings. The first-order valence-electron chi connectivity index (χ1n) is 21.0. The van der Waals surface area contributed by atoms with E-state index in [0.29, 0.717) is 42.3 Å². The summed E-state index contributed by atoms with van der Waals surface area (Å²) in [7, 11) is 0. The zero-order chi connectivity index (χ0) is 35.5. The van der Waals surface area contributed by atoms with Gasteiger partial charge in [0.2, 0.25) is 0 Å². The second-order valence-corrected chi connectivity index (χ2v) is 17.8. The minimum atomic E-state index is -0.435. The Kier molecular flexibility index (Phi) is 11.9. The summed E-state index contributed by atoms with van der Waals surface area (Å²) < 4.78 is 5.51. The fourth-order valence-corrected chi connectivity index (χ4v) is 10.8. The Bertz CT molecular complexity index is 1180. The molecule has 2 aliphatic carbocycles. The molecule has 5 amide bonds. The van der Waals surface area contributed by atoms with E-state index in [1.807, 2.05) is 25.7 Å². The van der Waals surface area contributed by atoms with Gasteiger partial charge in [-0.25, -0.2) is 14.4 Å². The van der Waals surface area contributed by atoms with Crippen LogP contribution in [-0.4, -0.2) is 149 Å². The van der Waals surface area contributed by atoms with Crippen molar-refractivity contribution in [2.75, 3.05) is 52.4 Å². The average Bonchev–Trinajstić information content (AvgIpc) is 3.66. The van der Waals surface area contributed by atoms with Gasteiger partial charge in [0.15, 0.2) is 0 Å². The summed E-state index contributed by atoms with van der Waals surface area (Å²) in [6.45, 7) is 14.1. The molecule has 0 spiro atoms. The molecule has 0 radical (unpaired) electrons. The van der Waals surface area contributed by atoms with Crippen molar-refractivity contribution < 1.29 is 19.1 Å². The van der Waals surface area contributed by atoms with Crippen molar-refractivity contribution in [3.8, 4) is 0 Å². The van der Waals surface area contributed by atoms with Crippen molar-refractivity contribution in [1.82, 2.24) is 40.4 Å². The van der Waals surface area contributed by atoms with Gasteiger partial charge >= 0.3 is 18.2 Å². The lowest BCUT2D eigenvalue weighted by molar-refractivity contribution is 0.0104. The van der Waals surface area contributed by atoms with E-state index >= 15 is 0 Å². The zero-order valence-electron chi connectivity index (χ0n) is 32.0. The van der Waals surface area contributed by atoms with Gasteiger partial charge < -0.3 is 45.2 Å². The minimum Gasteiger partial charge on any atom is -0.444 e. The van der Waals surface area contributed by atoms with Gasteiger partial charge in [-0.1, -0.05) is 25.7 Å². The van der Waals surface area contributed by atoms with Crippen LogP contribution in [0.15, 0.2) is 0 Å². The summed E-state index contributed by atoms with van der Waals surface area (Å²) in [6, 6.07) is 4.30. The maximum atomic E-state index is 12.6. The van der Waals surface area contributed by atoms with Gasteiger partial charge in [-0.2, -0.15) is 0 Å². The van der Waals surface area contributed by atoms with E-state index in [2.05, 4.69) is 35.6 Å². The molecule has 6 aliphatic heterocycles. The first-order valence-corrected chi connectivity index (χ1v) is 21.0. The lowest BCUT2D eigenvalue weighted by Crippen LogP contribution is -2.54. The summed E-state index contributed by atoms with van der Waals surface area (Å²) in [5.74, 6) is 0. The molecule has 12 nitrogen and oxygen atoms in total. The number of rotatable bonds is 4. The van der Waals surface area contributed by atoms with Crippen LogP contribution in [0.2, 0.25) is 0 Å². The van der Waals surface area contributed by atoms with Crippen LogP contribution in [0, 0.1) is 0 Å². The molecule has 2 saturated carbocycles. The van der Waals surface area contributed by atoms with Crippen LogP contribution in [0.25, 0.3) is 0 Å². The fraction of sp³-hybridized carbons (Fsp3) is 0.923. The Morgan fingerprint density at radius 1 is 0.569 bits per heavy atom. The van der Waals surface area contributed by atoms with Crippen molar-refractivity contribution in [1.29, 1.82) is 0 Å². The average molecular weight is 713 g/mol. The molecular formula is C39H68N8O4. The van der Waals surface area contributed by atoms with Gasteiger partial charge in [0, 0.05) is 63.4 Å². The molecule has 4 atom stereocenters. The number of carbonyl (C=O) groups is 3. The van der Waals surface area contributed by atoms with E-state index in [1.54, 1.807) is 0 Å². The molecule has 0 unspecified atom stereocenters. The lowest BCUT2D eigenvalue weighted by Gasteiger charge is -2.44. The second kappa shape index (κ2) is 16.4. The topological polar surface area (TPSA) is 113 Å². The van der Waals surface area contributed by atoms with E-state index in [1.165, 1.54) is 90.4 Å². The fourth-order valence-electron chi connectivity index (χ4n) is 10.8. The Morgan fingerprint density at radius 2 is 0.980 bits per heavy atom. The van der Waals surface area contributed by atoms with Crippen LogP contribution in [0.3, 0.4) is 0 Å². The highest BCUT2D eigenvalue weighted by atomic mass is 16.6. The van der Waals surface area contributed by atoms with E-state index in [9.17, 15) is 14.4 Å². The molecule has 3 N–H and O–H groups in total. The molecule has 51 heavy (non-hydrogen) atoms.